The van der Waals surface area contributed by atoms with Crippen LogP contribution in [0.15, 0.2) is 0 Å². The molecule has 0 unspecified atom stereocenters. The second kappa shape index (κ2) is 10.8. The van der Waals surface area contributed by atoms with E-state index >= 15 is 0 Å². The Labute approximate surface area is 81.7 Å². The topological polar surface area (TPSA) is 9.23 Å². The van der Waals surface area contributed by atoms with Crippen LogP contribution in [0.2, 0.25) is 4.44 Å². The Hall–Kier alpha value is 0.759. The third kappa shape index (κ3) is 10.8. The first-order valence-electron chi connectivity index (χ1n) is 4.67. The Bertz CT molecular complexity index is 58.6. The van der Waals surface area contributed by atoms with Crippen LogP contribution in [0.25, 0.3) is 0 Å². The fraction of sp³-hybridized carbons (Fsp3) is 1.00. The summed E-state index contributed by atoms with van der Waals surface area (Å²) in [7, 11) is 1.85. The van der Waals surface area contributed by atoms with Gasteiger partial charge in [-0.05, 0) is 0 Å². The third-order valence-corrected chi connectivity index (χ3v) is 4.19. The zero-order chi connectivity index (χ0) is 8.36. The first kappa shape index (κ1) is 11.8. The molecule has 0 aromatic carbocycles. The minimum atomic E-state index is -0.354. The SMILES string of the molecule is CCCCCCC[CH2][Sn][O]C. The van der Waals surface area contributed by atoms with Gasteiger partial charge in [0.1, 0.15) is 0 Å². The summed E-state index contributed by atoms with van der Waals surface area (Å²) in [5, 5.41) is 0. The van der Waals surface area contributed by atoms with Crippen LogP contribution in [0, 0.1) is 0 Å². The van der Waals surface area contributed by atoms with Crippen molar-refractivity contribution in [1.29, 1.82) is 0 Å². The van der Waals surface area contributed by atoms with Gasteiger partial charge >= 0.3 is 81.6 Å². The second-order valence-corrected chi connectivity index (χ2v) is 6.28. The van der Waals surface area contributed by atoms with Gasteiger partial charge in [-0.15, -0.1) is 0 Å². The molecule has 0 aliphatic heterocycles. The van der Waals surface area contributed by atoms with Gasteiger partial charge in [-0.2, -0.15) is 0 Å². The van der Waals surface area contributed by atoms with Crippen LogP contribution in [-0.2, 0) is 3.07 Å². The number of hydrogen-bond acceptors (Lipinski definition) is 1. The summed E-state index contributed by atoms with van der Waals surface area (Å²) < 4.78 is 6.55. The average Bonchev–Trinajstić information content (AvgIpc) is 2.03. The first-order chi connectivity index (χ1) is 5.41. The summed E-state index contributed by atoms with van der Waals surface area (Å²) in [4.78, 5) is 0. The van der Waals surface area contributed by atoms with Gasteiger partial charge in [0.05, 0.1) is 0 Å². The molecular formula is C9H20OSn. The molecule has 11 heavy (non-hydrogen) atoms. The molecule has 0 aliphatic carbocycles. The van der Waals surface area contributed by atoms with E-state index in [2.05, 4.69) is 6.92 Å². The summed E-state index contributed by atoms with van der Waals surface area (Å²) in [5.41, 5.74) is 0. The quantitative estimate of drug-likeness (QED) is 0.483. The molecule has 2 heteroatoms. The summed E-state index contributed by atoms with van der Waals surface area (Å²) in [6, 6.07) is 0. The Kier molecular flexibility index (Phi) is 11.5. The van der Waals surface area contributed by atoms with E-state index in [0.717, 1.165) is 0 Å². The molecule has 0 aromatic rings. The van der Waals surface area contributed by atoms with Crippen LogP contribution in [0.5, 0.6) is 0 Å². The van der Waals surface area contributed by atoms with Crippen LogP contribution < -0.4 is 0 Å². The van der Waals surface area contributed by atoms with E-state index in [9.17, 15) is 0 Å². The zero-order valence-electron chi connectivity index (χ0n) is 7.86. The zero-order valence-corrected chi connectivity index (χ0v) is 10.7. The Morgan fingerprint density at radius 1 is 1.00 bits per heavy atom. The fourth-order valence-corrected chi connectivity index (χ4v) is 2.79. The monoisotopic (exact) mass is 264 g/mol. The van der Waals surface area contributed by atoms with Crippen LogP contribution in [0.4, 0.5) is 0 Å². The molecule has 0 amide bonds. The predicted molar refractivity (Wildman–Crippen MR) is 50.9 cm³/mol. The van der Waals surface area contributed by atoms with Gasteiger partial charge in [-0.25, -0.2) is 0 Å². The molecule has 66 valence electrons. The summed E-state index contributed by atoms with van der Waals surface area (Å²) in [5.74, 6) is 0. The van der Waals surface area contributed by atoms with Crippen molar-refractivity contribution in [2.75, 3.05) is 7.11 Å². The molecule has 0 spiro atoms. The molecule has 0 aliphatic rings. The maximum absolute atomic E-state index is 5.14. The molecule has 0 N–H and O–H groups in total. The minimum absolute atomic E-state index is 0.354. The van der Waals surface area contributed by atoms with Crippen molar-refractivity contribution in [3.05, 3.63) is 0 Å². The summed E-state index contributed by atoms with van der Waals surface area (Å²) >= 11 is -0.354. The number of rotatable bonds is 8. The van der Waals surface area contributed by atoms with Crippen molar-refractivity contribution in [1.82, 2.24) is 0 Å². The molecule has 0 saturated heterocycles. The van der Waals surface area contributed by atoms with Gasteiger partial charge in [-0.1, -0.05) is 0 Å². The number of hydrogen-bond donors (Lipinski definition) is 0. The molecular weight excluding hydrogens is 243 g/mol. The third-order valence-electron chi connectivity index (χ3n) is 1.78. The molecule has 0 atom stereocenters. The molecule has 0 fully saturated rings. The molecule has 0 saturated carbocycles. The van der Waals surface area contributed by atoms with Crippen molar-refractivity contribution in [2.45, 2.75) is 49.9 Å². The van der Waals surface area contributed by atoms with Gasteiger partial charge in [0.25, 0.3) is 0 Å². The molecule has 1 nitrogen and oxygen atoms in total. The molecule has 0 heterocycles. The Morgan fingerprint density at radius 3 is 2.27 bits per heavy atom. The van der Waals surface area contributed by atoms with E-state index in [0.29, 0.717) is 0 Å². The van der Waals surface area contributed by atoms with Crippen molar-refractivity contribution in [2.24, 2.45) is 0 Å². The van der Waals surface area contributed by atoms with E-state index in [1.54, 1.807) is 0 Å². The predicted octanol–water partition coefficient (Wildman–Crippen LogP) is 3.03. The van der Waals surface area contributed by atoms with Crippen LogP contribution in [0.1, 0.15) is 45.4 Å². The molecule has 0 aromatic heterocycles. The van der Waals surface area contributed by atoms with Gasteiger partial charge in [0.2, 0.25) is 0 Å². The van der Waals surface area contributed by atoms with Gasteiger partial charge < -0.3 is 0 Å². The Balaban J connectivity index is 2.69. The van der Waals surface area contributed by atoms with E-state index in [4.69, 9.17) is 3.07 Å². The van der Waals surface area contributed by atoms with Crippen LogP contribution in [-0.4, -0.2) is 28.7 Å². The normalized spacial score (nSPS) is 10.4. The van der Waals surface area contributed by atoms with Crippen LogP contribution >= 0.6 is 0 Å². The first-order valence-corrected chi connectivity index (χ1v) is 7.86. The van der Waals surface area contributed by atoms with E-state index in [1.807, 2.05) is 7.11 Å². The van der Waals surface area contributed by atoms with Crippen molar-refractivity contribution < 1.29 is 3.07 Å². The van der Waals surface area contributed by atoms with E-state index in [-0.39, 0.29) is 21.6 Å². The average molecular weight is 263 g/mol. The van der Waals surface area contributed by atoms with Crippen molar-refractivity contribution in [3.8, 4) is 0 Å². The van der Waals surface area contributed by atoms with E-state index < -0.39 is 0 Å². The van der Waals surface area contributed by atoms with Crippen molar-refractivity contribution >= 4 is 21.6 Å². The maximum atomic E-state index is 5.14. The van der Waals surface area contributed by atoms with Gasteiger partial charge in [0, 0.05) is 0 Å². The van der Waals surface area contributed by atoms with Crippen LogP contribution in [0.3, 0.4) is 0 Å². The van der Waals surface area contributed by atoms with E-state index in [1.165, 1.54) is 43.0 Å². The number of unbranched alkanes of at least 4 members (excludes halogenated alkanes) is 5. The second-order valence-electron chi connectivity index (χ2n) is 2.87. The van der Waals surface area contributed by atoms with Gasteiger partial charge in [0.15, 0.2) is 0 Å². The molecule has 0 rings (SSSR count). The molecule has 2 radical (unpaired) electrons. The summed E-state index contributed by atoms with van der Waals surface area (Å²) in [6.45, 7) is 2.26. The molecule has 0 bridgehead atoms. The van der Waals surface area contributed by atoms with Gasteiger partial charge in [-0.3, -0.25) is 0 Å². The Morgan fingerprint density at radius 2 is 1.64 bits per heavy atom. The summed E-state index contributed by atoms with van der Waals surface area (Å²) in [6.07, 6.45) is 8.51. The standard InChI is InChI=1S/C8H17.CH3O.Sn/c1-3-5-7-8-6-4-2;1-2;/h1,3-8H2,2H3;1H3;/q;-1;+1. The fourth-order valence-electron chi connectivity index (χ4n) is 1.08. The van der Waals surface area contributed by atoms with Crippen molar-refractivity contribution in [3.63, 3.8) is 0 Å².